The molecule has 3 rings (SSSR count). The molecule has 1 aliphatic heterocycles. The second-order valence-corrected chi connectivity index (χ2v) is 7.59. The van der Waals surface area contributed by atoms with Crippen LogP contribution in [0.25, 0.3) is 11.1 Å². The van der Waals surface area contributed by atoms with Crippen LogP contribution >= 0.6 is 15.9 Å². The number of nitrogens with zero attached hydrogens (tertiary/aromatic N) is 2. The standard InChI is InChI=1S/C21H27BrN2O/c1-17(24-13-11-23(12-14-24)15-16-25-2)18-3-5-19(6-4-18)20-7-9-21(22)10-8-20/h3-10,17H,11-16H2,1-2H3. The molecule has 0 aromatic heterocycles. The lowest BCUT2D eigenvalue weighted by Crippen LogP contribution is -2.47. The van der Waals surface area contributed by atoms with E-state index in [1.54, 1.807) is 7.11 Å². The molecule has 1 aliphatic rings. The number of piperazine rings is 1. The predicted molar refractivity (Wildman–Crippen MR) is 108 cm³/mol. The Hall–Kier alpha value is -1.20. The molecule has 0 N–H and O–H groups in total. The van der Waals surface area contributed by atoms with E-state index in [0.717, 1.165) is 43.8 Å². The van der Waals surface area contributed by atoms with Gasteiger partial charge in [0.25, 0.3) is 0 Å². The van der Waals surface area contributed by atoms with Crippen molar-refractivity contribution in [2.45, 2.75) is 13.0 Å². The average Bonchev–Trinajstić information content (AvgIpc) is 2.67. The van der Waals surface area contributed by atoms with Gasteiger partial charge in [0.1, 0.15) is 0 Å². The fraction of sp³-hybridized carbons (Fsp3) is 0.429. The molecule has 1 atom stereocenters. The first kappa shape index (κ1) is 18.6. The Morgan fingerprint density at radius 3 is 2.04 bits per heavy atom. The highest BCUT2D eigenvalue weighted by atomic mass is 79.9. The molecule has 0 saturated carbocycles. The van der Waals surface area contributed by atoms with Gasteiger partial charge in [-0.1, -0.05) is 52.3 Å². The van der Waals surface area contributed by atoms with Gasteiger partial charge in [0.05, 0.1) is 6.61 Å². The molecule has 2 aromatic carbocycles. The summed E-state index contributed by atoms with van der Waals surface area (Å²) in [6.07, 6.45) is 0. The van der Waals surface area contributed by atoms with E-state index in [4.69, 9.17) is 4.74 Å². The van der Waals surface area contributed by atoms with Gasteiger partial charge in [-0.05, 0) is 35.7 Å². The summed E-state index contributed by atoms with van der Waals surface area (Å²) in [6, 6.07) is 18.0. The monoisotopic (exact) mass is 402 g/mol. The van der Waals surface area contributed by atoms with Crippen LogP contribution in [0.3, 0.4) is 0 Å². The van der Waals surface area contributed by atoms with E-state index in [2.05, 4.69) is 81.2 Å². The summed E-state index contributed by atoms with van der Waals surface area (Å²) < 4.78 is 6.30. The Morgan fingerprint density at radius 1 is 0.920 bits per heavy atom. The van der Waals surface area contributed by atoms with Gasteiger partial charge in [0, 0.05) is 50.3 Å². The van der Waals surface area contributed by atoms with Crippen molar-refractivity contribution in [3.8, 4) is 11.1 Å². The number of halogens is 1. The molecule has 4 heteroatoms. The largest absolute Gasteiger partial charge is 0.383 e. The summed E-state index contributed by atoms with van der Waals surface area (Å²) in [7, 11) is 1.77. The average molecular weight is 403 g/mol. The van der Waals surface area contributed by atoms with Crippen molar-refractivity contribution in [1.82, 2.24) is 9.80 Å². The number of methoxy groups -OCH3 is 1. The molecule has 0 amide bonds. The highest BCUT2D eigenvalue weighted by Gasteiger charge is 2.21. The summed E-state index contributed by atoms with van der Waals surface area (Å²) in [5.41, 5.74) is 3.92. The molecule has 0 radical (unpaired) electrons. The summed E-state index contributed by atoms with van der Waals surface area (Å²) in [6.45, 7) is 8.70. The Morgan fingerprint density at radius 2 is 1.48 bits per heavy atom. The summed E-state index contributed by atoms with van der Waals surface area (Å²) >= 11 is 3.49. The second kappa shape index (κ2) is 8.95. The number of ether oxygens (including phenoxy) is 1. The lowest BCUT2D eigenvalue weighted by molar-refractivity contribution is 0.0786. The Kier molecular flexibility index (Phi) is 6.65. The molecule has 3 nitrogen and oxygen atoms in total. The lowest BCUT2D eigenvalue weighted by atomic mass is 10.0. The normalized spacial score (nSPS) is 17.6. The van der Waals surface area contributed by atoms with Crippen LogP contribution in [0.5, 0.6) is 0 Å². The van der Waals surface area contributed by atoms with Gasteiger partial charge in [-0.2, -0.15) is 0 Å². The molecule has 25 heavy (non-hydrogen) atoms. The van der Waals surface area contributed by atoms with Crippen LogP contribution in [0.1, 0.15) is 18.5 Å². The van der Waals surface area contributed by atoms with Crippen molar-refractivity contribution in [2.24, 2.45) is 0 Å². The smallest absolute Gasteiger partial charge is 0.0589 e. The van der Waals surface area contributed by atoms with Crippen LogP contribution in [-0.4, -0.2) is 56.2 Å². The van der Waals surface area contributed by atoms with E-state index in [9.17, 15) is 0 Å². The van der Waals surface area contributed by atoms with Crippen LogP contribution in [0.2, 0.25) is 0 Å². The van der Waals surface area contributed by atoms with Gasteiger partial charge in [0.15, 0.2) is 0 Å². The van der Waals surface area contributed by atoms with Gasteiger partial charge < -0.3 is 4.74 Å². The summed E-state index contributed by atoms with van der Waals surface area (Å²) in [5, 5.41) is 0. The highest BCUT2D eigenvalue weighted by Crippen LogP contribution is 2.26. The Labute approximate surface area is 159 Å². The summed E-state index contributed by atoms with van der Waals surface area (Å²) in [4.78, 5) is 5.07. The van der Waals surface area contributed by atoms with Crippen molar-refractivity contribution in [3.05, 3.63) is 58.6 Å². The van der Waals surface area contributed by atoms with E-state index in [-0.39, 0.29) is 0 Å². The zero-order valence-corrected chi connectivity index (χ0v) is 16.7. The molecule has 1 fully saturated rings. The van der Waals surface area contributed by atoms with Gasteiger partial charge in [0.2, 0.25) is 0 Å². The zero-order chi connectivity index (χ0) is 17.6. The first-order valence-electron chi connectivity index (χ1n) is 8.98. The molecular formula is C21H27BrN2O. The topological polar surface area (TPSA) is 15.7 Å². The van der Waals surface area contributed by atoms with Crippen molar-refractivity contribution in [3.63, 3.8) is 0 Å². The summed E-state index contributed by atoms with van der Waals surface area (Å²) in [5.74, 6) is 0. The zero-order valence-electron chi connectivity index (χ0n) is 15.1. The number of rotatable bonds is 6. The number of benzene rings is 2. The molecule has 0 spiro atoms. The number of hydrogen-bond acceptors (Lipinski definition) is 3. The maximum atomic E-state index is 5.18. The van der Waals surface area contributed by atoms with Gasteiger partial charge in [-0.15, -0.1) is 0 Å². The Bertz CT molecular complexity index is 649. The van der Waals surface area contributed by atoms with Crippen LogP contribution in [0, 0.1) is 0 Å². The maximum Gasteiger partial charge on any atom is 0.0589 e. The minimum absolute atomic E-state index is 0.462. The van der Waals surface area contributed by atoms with Crippen LogP contribution in [-0.2, 0) is 4.74 Å². The molecule has 1 unspecified atom stereocenters. The fourth-order valence-corrected chi connectivity index (χ4v) is 3.67. The molecule has 1 heterocycles. The van der Waals surface area contributed by atoms with E-state index in [1.807, 2.05) is 0 Å². The lowest BCUT2D eigenvalue weighted by Gasteiger charge is -2.38. The Balaban J connectivity index is 1.59. The van der Waals surface area contributed by atoms with E-state index in [0.29, 0.717) is 6.04 Å². The quantitative estimate of drug-likeness (QED) is 0.709. The maximum absolute atomic E-state index is 5.18. The minimum Gasteiger partial charge on any atom is -0.383 e. The third kappa shape index (κ3) is 4.91. The predicted octanol–water partition coefficient (Wildman–Crippen LogP) is 4.44. The molecule has 1 saturated heterocycles. The second-order valence-electron chi connectivity index (χ2n) is 6.68. The highest BCUT2D eigenvalue weighted by molar-refractivity contribution is 9.10. The van der Waals surface area contributed by atoms with Gasteiger partial charge in [-0.25, -0.2) is 0 Å². The van der Waals surface area contributed by atoms with Crippen molar-refractivity contribution >= 4 is 15.9 Å². The van der Waals surface area contributed by atoms with Gasteiger partial charge >= 0.3 is 0 Å². The van der Waals surface area contributed by atoms with Crippen LogP contribution in [0.15, 0.2) is 53.0 Å². The molecule has 0 aliphatic carbocycles. The third-order valence-electron chi connectivity index (χ3n) is 5.14. The first-order valence-corrected chi connectivity index (χ1v) is 9.78. The molecule has 134 valence electrons. The van der Waals surface area contributed by atoms with E-state index < -0.39 is 0 Å². The SMILES string of the molecule is COCCN1CCN(C(C)c2ccc(-c3ccc(Br)cc3)cc2)CC1. The van der Waals surface area contributed by atoms with Crippen molar-refractivity contribution < 1.29 is 4.74 Å². The van der Waals surface area contributed by atoms with Crippen LogP contribution < -0.4 is 0 Å². The van der Waals surface area contributed by atoms with E-state index in [1.165, 1.54) is 16.7 Å². The molecular weight excluding hydrogens is 376 g/mol. The van der Waals surface area contributed by atoms with E-state index >= 15 is 0 Å². The fourth-order valence-electron chi connectivity index (χ4n) is 3.40. The van der Waals surface area contributed by atoms with Crippen LogP contribution in [0.4, 0.5) is 0 Å². The minimum atomic E-state index is 0.462. The van der Waals surface area contributed by atoms with Crippen molar-refractivity contribution in [1.29, 1.82) is 0 Å². The first-order chi connectivity index (χ1) is 12.2. The van der Waals surface area contributed by atoms with Gasteiger partial charge in [-0.3, -0.25) is 9.80 Å². The number of hydrogen-bond donors (Lipinski definition) is 0. The molecule has 2 aromatic rings. The van der Waals surface area contributed by atoms with Crippen molar-refractivity contribution in [2.75, 3.05) is 46.4 Å². The molecule has 0 bridgehead atoms. The third-order valence-corrected chi connectivity index (χ3v) is 5.67.